The lowest BCUT2D eigenvalue weighted by Gasteiger charge is -2.32. The second-order valence-corrected chi connectivity index (χ2v) is 6.94. The van der Waals surface area contributed by atoms with E-state index < -0.39 is 0 Å². The predicted molar refractivity (Wildman–Crippen MR) is 102 cm³/mol. The first-order valence-electron chi connectivity index (χ1n) is 9.00. The summed E-state index contributed by atoms with van der Waals surface area (Å²) in [6.45, 7) is 2.85. The Hall–Kier alpha value is -3.22. The smallest absolute Gasteiger partial charge is 0.254 e. The molecule has 7 heteroatoms. The molecular weight excluding hydrogens is 344 g/mol. The van der Waals surface area contributed by atoms with Gasteiger partial charge in [-0.2, -0.15) is 0 Å². The lowest BCUT2D eigenvalue weighted by Crippen LogP contribution is -2.40. The SMILES string of the molecule is Cc1nc(C2CCCN(C(=O)c3cc(=O)[nH]c4ccccc34)C2)cc(=O)[nH]1. The molecule has 2 aromatic heterocycles. The normalized spacial score (nSPS) is 17.2. The van der Waals surface area contributed by atoms with E-state index in [0.29, 0.717) is 35.7 Å². The number of aromatic nitrogens is 3. The number of likely N-dealkylation sites (tertiary alicyclic amines) is 1. The largest absolute Gasteiger partial charge is 0.338 e. The molecule has 1 aliphatic heterocycles. The first-order valence-corrected chi connectivity index (χ1v) is 9.00. The highest BCUT2D eigenvalue weighted by atomic mass is 16.2. The molecule has 2 N–H and O–H groups in total. The van der Waals surface area contributed by atoms with Crippen molar-refractivity contribution in [3.05, 3.63) is 74.2 Å². The van der Waals surface area contributed by atoms with Gasteiger partial charge in [-0.25, -0.2) is 4.98 Å². The molecule has 0 bridgehead atoms. The molecular formula is C20H20N4O3. The number of para-hydroxylation sites is 1. The van der Waals surface area contributed by atoms with Gasteiger partial charge in [0, 0.05) is 42.0 Å². The van der Waals surface area contributed by atoms with Crippen LogP contribution in [0.4, 0.5) is 0 Å². The number of aromatic amines is 2. The highest BCUT2D eigenvalue weighted by molar-refractivity contribution is 6.06. The van der Waals surface area contributed by atoms with E-state index in [1.165, 1.54) is 12.1 Å². The maximum atomic E-state index is 13.2. The van der Waals surface area contributed by atoms with Crippen LogP contribution in [0.5, 0.6) is 0 Å². The van der Waals surface area contributed by atoms with Gasteiger partial charge in [-0.1, -0.05) is 18.2 Å². The van der Waals surface area contributed by atoms with Crippen LogP contribution in [0.2, 0.25) is 0 Å². The zero-order valence-electron chi connectivity index (χ0n) is 15.0. The molecule has 1 aliphatic rings. The summed E-state index contributed by atoms with van der Waals surface area (Å²) in [6, 6.07) is 10.2. The molecule has 3 heterocycles. The van der Waals surface area contributed by atoms with Crippen molar-refractivity contribution in [1.82, 2.24) is 19.9 Å². The fourth-order valence-corrected chi connectivity index (χ4v) is 3.77. The minimum atomic E-state index is -0.294. The number of pyridine rings is 1. The Kier molecular flexibility index (Phi) is 4.35. The predicted octanol–water partition coefficient (Wildman–Crippen LogP) is 1.94. The average Bonchev–Trinajstić information content (AvgIpc) is 2.66. The lowest BCUT2D eigenvalue weighted by molar-refractivity contribution is 0.0707. The van der Waals surface area contributed by atoms with E-state index >= 15 is 0 Å². The second-order valence-electron chi connectivity index (χ2n) is 6.94. The Balaban J connectivity index is 1.67. The van der Waals surface area contributed by atoms with Crippen molar-refractivity contribution in [1.29, 1.82) is 0 Å². The Labute approximate surface area is 155 Å². The van der Waals surface area contributed by atoms with Crippen molar-refractivity contribution in [2.45, 2.75) is 25.7 Å². The van der Waals surface area contributed by atoms with Crippen molar-refractivity contribution in [3.8, 4) is 0 Å². The van der Waals surface area contributed by atoms with Gasteiger partial charge in [-0.05, 0) is 25.8 Å². The van der Waals surface area contributed by atoms with Crippen LogP contribution in [0.3, 0.4) is 0 Å². The third kappa shape index (κ3) is 3.40. The number of hydrogen-bond acceptors (Lipinski definition) is 4. The van der Waals surface area contributed by atoms with E-state index in [1.54, 1.807) is 17.9 Å². The molecule has 1 saturated heterocycles. The van der Waals surface area contributed by atoms with Gasteiger partial charge in [0.25, 0.3) is 11.5 Å². The summed E-state index contributed by atoms with van der Waals surface area (Å²) in [4.78, 5) is 48.5. The van der Waals surface area contributed by atoms with Crippen LogP contribution in [0.15, 0.2) is 46.0 Å². The van der Waals surface area contributed by atoms with E-state index in [2.05, 4.69) is 15.0 Å². The number of carbonyl (C=O) groups is 1. The highest BCUT2D eigenvalue weighted by Crippen LogP contribution is 2.27. The van der Waals surface area contributed by atoms with Gasteiger partial charge in [0.2, 0.25) is 5.56 Å². The number of piperidine rings is 1. The van der Waals surface area contributed by atoms with Gasteiger partial charge in [-0.15, -0.1) is 0 Å². The number of aryl methyl sites for hydroxylation is 1. The van der Waals surface area contributed by atoms with Crippen LogP contribution >= 0.6 is 0 Å². The number of benzene rings is 1. The lowest BCUT2D eigenvalue weighted by atomic mass is 9.93. The number of H-pyrrole nitrogens is 2. The Morgan fingerprint density at radius 1 is 1.15 bits per heavy atom. The zero-order chi connectivity index (χ0) is 19.0. The van der Waals surface area contributed by atoms with Crippen LogP contribution in [0.1, 0.15) is 40.6 Å². The molecule has 0 aliphatic carbocycles. The van der Waals surface area contributed by atoms with Crippen molar-refractivity contribution in [2.24, 2.45) is 0 Å². The van der Waals surface area contributed by atoms with Gasteiger partial charge >= 0.3 is 0 Å². The molecule has 7 nitrogen and oxygen atoms in total. The highest BCUT2D eigenvalue weighted by Gasteiger charge is 2.27. The molecule has 1 unspecified atom stereocenters. The maximum absolute atomic E-state index is 13.2. The minimum Gasteiger partial charge on any atom is -0.338 e. The first kappa shape index (κ1) is 17.2. The monoisotopic (exact) mass is 364 g/mol. The summed E-state index contributed by atoms with van der Waals surface area (Å²) >= 11 is 0. The number of amides is 1. The molecule has 1 amide bonds. The van der Waals surface area contributed by atoms with Gasteiger partial charge in [-0.3, -0.25) is 14.4 Å². The molecule has 4 rings (SSSR count). The number of nitrogens with zero attached hydrogens (tertiary/aromatic N) is 2. The summed E-state index contributed by atoms with van der Waals surface area (Å²) < 4.78 is 0. The van der Waals surface area contributed by atoms with Crippen LogP contribution < -0.4 is 11.1 Å². The third-order valence-corrected chi connectivity index (χ3v) is 4.99. The van der Waals surface area contributed by atoms with Gasteiger partial charge in [0.15, 0.2) is 0 Å². The zero-order valence-corrected chi connectivity index (χ0v) is 15.0. The van der Waals surface area contributed by atoms with Crippen LogP contribution in [0.25, 0.3) is 10.9 Å². The van der Waals surface area contributed by atoms with Crippen LogP contribution in [-0.2, 0) is 0 Å². The van der Waals surface area contributed by atoms with E-state index in [4.69, 9.17) is 0 Å². The van der Waals surface area contributed by atoms with Gasteiger partial charge < -0.3 is 14.9 Å². The molecule has 0 spiro atoms. The van der Waals surface area contributed by atoms with Crippen molar-refractivity contribution in [3.63, 3.8) is 0 Å². The quantitative estimate of drug-likeness (QED) is 0.726. The second kappa shape index (κ2) is 6.83. The fourth-order valence-electron chi connectivity index (χ4n) is 3.77. The number of fused-ring (bicyclic) bond motifs is 1. The first-order chi connectivity index (χ1) is 13.0. The molecule has 1 fully saturated rings. The average molecular weight is 364 g/mol. The van der Waals surface area contributed by atoms with E-state index in [1.807, 2.05) is 18.2 Å². The molecule has 1 atom stereocenters. The van der Waals surface area contributed by atoms with Gasteiger partial charge in [0.1, 0.15) is 5.82 Å². The summed E-state index contributed by atoms with van der Waals surface area (Å²) in [5.74, 6) is 0.419. The Morgan fingerprint density at radius 2 is 1.93 bits per heavy atom. The number of nitrogens with one attached hydrogen (secondary N) is 2. The van der Waals surface area contributed by atoms with E-state index in [9.17, 15) is 14.4 Å². The summed E-state index contributed by atoms with van der Waals surface area (Å²) in [6.07, 6.45) is 1.70. The van der Waals surface area contributed by atoms with Gasteiger partial charge in [0.05, 0.1) is 11.3 Å². The van der Waals surface area contributed by atoms with E-state index in [0.717, 1.165) is 18.2 Å². The topological polar surface area (TPSA) is 98.9 Å². The number of rotatable bonds is 2. The van der Waals surface area contributed by atoms with Crippen molar-refractivity contribution < 1.29 is 4.79 Å². The Morgan fingerprint density at radius 3 is 2.74 bits per heavy atom. The standard InChI is InChI=1S/C20H20N4O3/c1-12-21-17(10-19(26)22-12)13-5-4-8-24(11-13)20(27)15-9-18(25)23-16-7-3-2-6-14(15)16/h2-3,6-7,9-10,13H,4-5,8,11H2,1H3,(H,23,25)(H,21,22,26). The maximum Gasteiger partial charge on any atom is 0.254 e. The van der Waals surface area contributed by atoms with Crippen molar-refractivity contribution in [2.75, 3.05) is 13.1 Å². The molecule has 0 radical (unpaired) electrons. The van der Waals surface area contributed by atoms with Crippen LogP contribution in [-0.4, -0.2) is 38.8 Å². The molecule has 1 aromatic carbocycles. The molecule has 0 saturated carbocycles. The molecule has 27 heavy (non-hydrogen) atoms. The summed E-state index contributed by atoms with van der Waals surface area (Å²) in [5, 5.41) is 0.731. The number of carbonyl (C=O) groups excluding carboxylic acids is 1. The summed E-state index contributed by atoms with van der Waals surface area (Å²) in [7, 11) is 0. The number of hydrogen-bond donors (Lipinski definition) is 2. The molecule has 3 aromatic rings. The fraction of sp³-hybridized carbons (Fsp3) is 0.300. The minimum absolute atomic E-state index is 0.0111. The Bertz CT molecular complexity index is 1130. The van der Waals surface area contributed by atoms with Crippen molar-refractivity contribution >= 4 is 16.8 Å². The third-order valence-electron chi connectivity index (χ3n) is 4.99. The molecule has 138 valence electrons. The van der Waals surface area contributed by atoms with Crippen LogP contribution in [0, 0.1) is 6.92 Å². The summed E-state index contributed by atoms with van der Waals surface area (Å²) in [5.41, 5.74) is 1.29. The van der Waals surface area contributed by atoms with E-state index in [-0.39, 0.29) is 22.9 Å².